The number of carbonyl (C=O) groups excluding carboxylic acids is 1. The highest BCUT2D eigenvalue weighted by Gasteiger charge is 2.08. The average molecular weight is 299 g/mol. The number of nitrogens with one attached hydrogen (secondary N) is 1. The van der Waals surface area contributed by atoms with Gasteiger partial charge in [-0.3, -0.25) is 4.79 Å². The number of rotatable bonds is 5. The van der Waals surface area contributed by atoms with Gasteiger partial charge in [-0.15, -0.1) is 0 Å². The molecule has 5 heteroatoms. The van der Waals surface area contributed by atoms with Crippen molar-refractivity contribution in [1.82, 2.24) is 5.32 Å². The highest BCUT2D eigenvalue weighted by Crippen LogP contribution is 2.16. The number of phenols is 2. The van der Waals surface area contributed by atoms with Crippen molar-refractivity contribution in [3.63, 3.8) is 0 Å². The number of phenolic OH excluding ortho intramolecular Hbond substituents is 2. The van der Waals surface area contributed by atoms with Gasteiger partial charge in [0.25, 0.3) is 0 Å². The molecule has 5 nitrogen and oxygen atoms in total. The summed E-state index contributed by atoms with van der Waals surface area (Å²) >= 11 is 0. The van der Waals surface area contributed by atoms with Crippen molar-refractivity contribution in [3.8, 4) is 11.5 Å². The second-order valence-corrected chi connectivity index (χ2v) is 4.78. The van der Waals surface area contributed by atoms with Crippen molar-refractivity contribution in [1.29, 1.82) is 0 Å². The monoisotopic (exact) mass is 299 g/mol. The van der Waals surface area contributed by atoms with Crippen LogP contribution in [0.5, 0.6) is 11.5 Å². The van der Waals surface area contributed by atoms with Gasteiger partial charge in [0.1, 0.15) is 11.5 Å². The van der Waals surface area contributed by atoms with Crippen molar-refractivity contribution in [2.75, 3.05) is 6.54 Å². The van der Waals surface area contributed by atoms with Gasteiger partial charge in [-0.2, -0.15) is 0 Å². The summed E-state index contributed by atoms with van der Waals surface area (Å²) in [6, 6.07) is 12.6. The number of aliphatic hydroxyl groups excluding tert-OH is 1. The van der Waals surface area contributed by atoms with Gasteiger partial charge in [0.2, 0.25) is 5.91 Å². The lowest BCUT2D eigenvalue weighted by Crippen LogP contribution is -2.26. The molecule has 22 heavy (non-hydrogen) atoms. The van der Waals surface area contributed by atoms with Gasteiger partial charge in [0, 0.05) is 12.6 Å². The van der Waals surface area contributed by atoms with E-state index in [4.69, 9.17) is 5.11 Å². The van der Waals surface area contributed by atoms with Gasteiger partial charge in [-0.05, 0) is 41.5 Å². The fourth-order valence-electron chi connectivity index (χ4n) is 1.83. The Morgan fingerprint density at radius 1 is 1.00 bits per heavy atom. The van der Waals surface area contributed by atoms with E-state index in [-0.39, 0.29) is 24.0 Å². The van der Waals surface area contributed by atoms with Gasteiger partial charge in [0.15, 0.2) is 0 Å². The van der Waals surface area contributed by atoms with Gasteiger partial charge < -0.3 is 20.6 Å². The van der Waals surface area contributed by atoms with Crippen LogP contribution >= 0.6 is 0 Å². The quantitative estimate of drug-likeness (QED) is 0.635. The maximum atomic E-state index is 11.7. The number of hydrogen-bond acceptors (Lipinski definition) is 4. The Morgan fingerprint density at radius 2 is 1.55 bits per heavy atom. The molecule has 0 heterocycles. The molecule has 114 valence electrons. The number of carbonyl (C=O) groups is 1. The highest BCUT2D eigenvalue weighted by molar-refractivity contribution is 5.91. The average Bonchev–Trinajstić information content (AvgIpc) is 2.52. The molecule has 0 saturated heterocycles. The highest BCUT2D eigenvalue weighted by atomic mass is 16.3. The fourth-order valence-corrected chi connectivity index (χ4v) is 1.83. The SMILES string of the molecule is O=C(/C=C\c1ccc(O)cc1)NC[C@@H](O)c1ccc(O)cc1. The molecule has 0 aliphatic carbocycles. The first-order valence-electron chi connectivity index (χ1n) is 6.76. The summed E-state index contributed by atoms with van der Waals surface area (Å²) in [6.07, 6.45) is 2.13. The molecule has 2 rings (SSSR count). The van der Waals surface area contributed by atoms with E-state index in [1.807, 2.05) is 0 Å². The van der Waals surface area contributed by atoms with E-state index < -0.39 is 6.10 Å². The van der Waals surface area contributed by atoms with E-state index in [0.717, 1.165) is 5.56 Å². The summed E-state index contributed by atoms with van der Waals surface area (Å²) in [4.78, 5) is 11.7. The predicted molar refractivity (Wildman–Crippen MR) is 83.2 cm³/mol. The van der Waals surface area contributed by atoms with Crippen LogP contribution in [0, 0.1) is 0 Å². The Balaban J connectivity index is 1.84. The Morgan fingerprint density at radius 3 is 2.14 bits per heavy atom. The summed E-state index contributed by atoms with van der Waals surface area (Å²) in [6.45, 7) is 0.0729. The molecule has 0 aromatic heterocycles. The zero-order valence-corrected chi connectivity index (χ0v) is 11.8. The summed E-state index contributed by atoms with van der Waals surface area (Å²) in [7, 11) is 0. The summed E-state index contributed by atoms with van der Waals surface area (Å²) in [5.74, 6) is -0.0404. The minimum atomic E-state index is -0.841. The number of benzene rings is 2. The Bertz CT molecular complexity index is 647. The van der Waals surface area contributed by atoms with Crippen LogP contribution in [0.4, 0.5) is 0 Å². The Hall–Kier alpha value is -2.79. The molecule has 0 unspecified atom stereocenters. The smallest absolute Gasteiger partial charge is 0.244 e. The minimum Gasteiger partial charge on any atom is -0.508 e. The lowest BCUT2D eigenvalue weighted by molar-refractivity contribution is -0.116. The molecule has 4 N–H and O–H groups in total. The first-order chi connectivity index (χ1) is 10.5. The van der Waals surface area contributed by atoms with Crippen molar-refractivity contribution in [2.24, 2.45) is 0 Å². The zero-order valence-electron chi connectivity index (χ0n) is 11.8. The van der Waals surface area contributed by atoms with Gasteiger partial charge in [-0.25, -0.2) is 0 Å². The van der Waals surface area contributed by atoms with Crippen LogP contribution in [-0.2, 0) is 4.79 Å². The molecule has 1 atom stereocenters. The van der Waals surface area contributed by atoms with Gasteiger partial charge in [-0.1, -0.05) is 24.3 Å². The van der Waals surface area contributed by atoms with Crippen molar-refractivity contribution < 1.29 is 20.1 Å². The van der Waals surface area contributed by atoms with Crippen molar-refractivity contribution in [2.45, 2.75) is 6.10 Å². The molecule has 0 fully saturated rings. The Kier molecular flexibility index (Phi) is 5.16. The van der Waals surface area contributed by atoms with Crippen molar-refractivity contribution in [3.05, 3.63) is 65.7 Å². The third-order valence-corrected chi connectivity index (χ3v) is 3.07. The first-order valence-corrected chi connectivity index (χ1v) is 6.76. The molecular weight excluding hydrogens is 282 g/mol. The Labute approximate surface area is 128 Å². The van der Waals surface area contributed by atoms with Crippen LogP contribution in [0.15, 0.2) is 54.6 Å². The third kappa shape index (κ3) is 4.64. The molecule has 2 aromatic carbocycles. The molecule has 0 bridgehead atoms. The second kappa shape index (κ2) is 7.28. The van der Waals surface area contributed by atoms with Crippen LogP contribution in [0.2, 0.25) is 0 Å². The number of aromatic hydroxyl groups is 2. The number of amides is 1. The molecule has 0 saturated carbocycles. The zero-order chi connectivity index (χ0) is 15.9. The predicted octanol–water partition coefficient (Wildman–Crippen LogP) is 1.96. The summed E-state index contributed by atoms with van der Waals surface area (Å²) in [5.41, 5.74) is 1.40. The molecule has 0 radical (unpaired) electrons. The molecule has 0 aliphatic rings. The van der Waals surface area contributed by atoms with Gasteiger partial charge in [0.05, 0.1) is 6.10 Å². The molecule has 1 amide bonds. The maximum absolute atomic E-state index is 11.7. The molecule has 2 aromatic rings. The van der Waals surface area contributed by atoms with Gasteiger partial charge >= 0.3 is 0 Å². The maximum Gasteiger partial charge on any atom is 0.244 e. The van der Waals surface area contributed by atoms with E-state index in [1.54, 1.807) is 30.3 Å². The van der Waals surface area contributed by atoms with Crippen molar-refractivity contribution >= 4 is 12.0 Å². The lowest BCUT2D eigenvalue weighted by Gasteiger charge is -2.11. The van der Waals surface area contributed by atoms with Crippen LogP contribution < -0.4 is 5.32 Å². The van der Waals surface area contributed by atoms with Crippen LogP contribution in [0.1, 0.15) is 17.2 Å². The van der Waals surface area contributed by atoms with E-state index in [9.17, 15) is 15.0 Å². The first kappa shape index (κ1) is 15.6. The molecule has 0 aliphatic heterocycles. The van der Waals surface area contributed by atoms with E-state index in [1.165, 1.54) is 30.3 Å². The number of hydrogen-bond donors (Lipinski definition) is 4. The van der Waals surface area contributed by atoms with E-state index in [0.29, 0.717) is 5.56 Å². The fraction of sp³-hybridized carbons (Fsp3) is 0.118. The summed E-state index contributed by atoms with van der Waals surface area (Å²) in [5, 5.41) is 30.9. The lowest BCUT2D eigenvalue weighted by atomic mass is 10.1. The molecule has 0 spiro atoms. The standard InChI is InChI=1S/C17H17NO4/c19-14-6-1-12(2-7-14)3-10-17(22)18-11-16(21)13-4-8-15(20)9-5-13/h1-10,16,19-21H,11H2,(H,18,22)/b10-3-/t16-/m1/s1. The van der Waals surface area contributed by atoms with Crippen LogP contribution in [0.25, 0.3) is 6.08 Å². The normalized spacial score (nSPS) is 12.2. The van der Waals surface area contributed by atoms with Crippen LogP contribution in [0.3, 0.4) is 0 Å². The van der Waals surface area contributed by atoms with Crippen LogP contribution in [-0.4, -0.2) is 27.8 Å². The molecular formula is C17H17NO4. The largest absolute Gasteiger partial charge is 0.508 e. The third-order valence-electron chi connectivity index (χ3n) is 3.07. The minimum absolute atomic E-state index is 0.0729. The summed E-state index contributed by atoms with van der Waals surface area (Å²) < 4.78 is 0. The van der Waals surface area contributed by atoms with E-state index in [2.05, 4.69) is 5.32 Å². The second-order valence-electron chi connectivity index (χ2n) is 4.78. The van der Waals surface area contributed by atoms with E-state index >= 15 is 0 Å². The number of aliphatic hydroxyl groups is 1. The topological polar surface area (TPSA) is 89.8 Å².